The van der Waals surface area contributed by atoms with Gasteiger partial charge in [-0.3, -0.25) is 4.90 Å². The van der Waals surface area contributed by atoms with Crippen molar-refractivity contribution in [2.24, 2.45) is 0 Å². The van der Waals surface area contributed by atoms with E-state index in [0.717, 1.165) is 13.0 Å². The molecule has 0 aromatic carbocycles. The van der Waals surface area contributed by atoms with Crippen molar-refractivity contribution < 1.29 is 10.2 Å². The molecule has 1 atom stereocenters. The second-order valence-electron chi connectivity index (χ2n) is 2.87. The van der Waals surface area contributed by atoms with Gasteiger partial charge in [-0.05, 0) is 19.9 Å². The van der Waals surface area contributed by atoms with Crippen molar-refractivity contribution >= 4 is 0 Å². The molecule has 0 saturated heterocycles. The summed E-state index contributed by atoms with van der Waals surface area (Å²) in [6.07, 6.45) is 0.764. The summed E-state index contributed by atoms with van der Waals surface area (Å²) in [6.45, 7) is 6.30. The average Bonchev–Trinajstić information content (AvgIpc) is 1.87. The summed E-state index contributed by atoms with van der Waals surface area (Å²) >= 11 is 0. The molecule has 0 bridgehead atoms. The molecule has 0 spiro atoms. The van der Waals surface area contributed by atoms with E-state index in [1.165, 1.54) is 0 Å². The molecule has 3 heteroatoms. The molecular weight excluding hydrogens is 142 g/mol. The van der Waals surface area contributed by atoms with Crippen LogP contribution in [0.5, 0.6) is 0 Å². The summed E-state index contributed by atoms with van der Waals surface area (Å²) in [5, 5.41) is 17.7. The topological polar surface area (TPSA) is 43.7 Å². The van der Waals surface area contributed by atoms with Crippen molar-refractivity contribution in [1.29, 1.82) is 0 Å². The monoisotopic (exact) mass is 161 g/mol. The van der Waals surface area contributed by atoms with E-state index in [0.29, 0.717) is 13.1 Å². The van der Waals surface area contributed by atoms with Crippen LogP contribution in [0.2, 0.25) is 0 Å². The number of nitrogens with zero attached hydrogens (tertiary/aromatic N) is 1. The van der Waals surface area contributed by atoms with Crippen LogP contribution in [0.4, 0.5) is 0 Å². The van der Waals surface area contributed by atoms with Crippen LogP contribution in [-0.4, -0.2) is 47.5 Å². The largest absolute Gasteiger partial charge is 0.395 e. The molecule has 0 heterocycles. The van der Waals surface area contributed by atoms with Crippen molar-refractivity contribution in [1.82, 2.24) is 4.90 Å². The molecule has 0 amide bonds. The van der Waals surface area contributed by atoms with Crippen molar-refractivity contribution in [3.05, 3.63) is 0 Å². The first-order valence-corrected chi connectivity index (χ1v) is 4.22. The maximum Gasteiger partial charge on any atom is 0.0639 e. The van der Waals surface area contributed by atoms with Gasteiger partial charge < -0.3 is 10.2 Å². The van der Waals surface area contributed by atoms with Gasteiger partial charge in [-0.1, -0.05) is 6.92 Å². The van der Waals surface area contributed by atoms with Gasteiger partial charge >= 0.3 is 0 Å². The number of rotatable bonds is 6. The first kappa shape index (κ1) is 10.9. The van der Waals surface area contributed by atoms with Gasteiger partial charge in [0.25, 0.3) is 0 Å². The standard InChI is InChI=1S/C8H19NO2/c1-3-4-9(5-6-10)7-8(2)11/h8,10-11H,3-7H2,1-2H3. The van der Waals surface area contributed by atoms with E-state index in [9.17, 15) is 0 Å². The lowest BCUT2D eigenvalue weighted by atomic mass is 10.3. The van der Waals surface area contributed by atoms with Gasteiger partial charge in [0.1, 0.15) is 0 Å². The van der Waals surface area contributed by atoms with Crippen molar-refractivity contribution in [3.8, 4) is 0 Å². The van der Waals surface area contributed by atoms with Crippen LogP contribution in [0.25, 0.3) is 0 Å². The number of hydrogen-bond donors (Lipinski definition) is 2. The highest BCUT2D eigenvalue weighted by Gasteiger charge is 2.05. The zero-order chi connectivity index (χ0) is 8.69. The Balaban J connectivity index is 3.50. The summed E-state index contributed by atoms with van der Waals surface area (Å²) in [6, 6.07) is 0. The van der Waals surface area contributed by atoms with E-state index in [4.69, 9.17) is 10.2 Å². The molecule has 0 saturated carbocycles. The number of aliphatic hydroxyl groups is 2. The molecule has 68 valence electrons. The summed E-state index contributed by atoms with van der Waals surface area (Å²) < 4.78 is 0. The van der Waals surface area contributed by atoms with Crippen LogP contribution in [0.15, 0.2) is 0 Å². The van der Waals surface area contributed by atoms with Gasteiger partial charge in [-0.15, -0.1) is 0 Å². The predicted molar refractivity (Wildman–Crippen MR) is 45.5 cm³/mol. The second kappa shape index (κ2) is 6.58. The van der Waals surface area contributed by atoms with E-state index in [2.05, 4.69) is 11.8 Å². The van der Waals surface area contributed by atoms with Gasteiger partial charge in [-0.25, -0.2) is 0 Å². The quantitative estimate of drug-likeness (QED) is 0.579. The fraction of sp³-hybridized carbons (Fsp3) is 1.00. The van der Waals surface area contributed by atoms with Gasteiger partial charge in [0.2, 0.25) is 0 Å². The Kier molecular flexibility index (Phi) is 6.51. The van der Waals surface area contributed by atoms with Crippen LogP contribution in [0.1, 0.15) is 20.3 Å². The highest BCUT2D eigenvalue weighted by molar-refractivity contribution is 4.59. The normalized spacial score (nSPS) is 13.9. The Bertz CT molecular complexity index is 80.2. The molecule has 1 unspecified atom stereocenters. The highest BCUT2D eigenvalue weighted by atomic mass is 16.3. The highest BCUT2D eigenvalue weighted by Crippen LogP contribution is 1.93. The van der Waals surface area contributed by atoms with Crippen LogP contribution in [0, 0.1) is 0 Å². The SMILES string of the molecule is CCCN(CCO)CC(C)O. The lowest BCUT2D eigenvalue weighted by Crippen LogP contribution is -2.33. The molecule has 0 aromatic heterocycles. The Hall–Kier alpha value is -0.120. The fourth-order valence-electron chi connectivity index (χ4n) is 1.13. The third-order valence-corrected chi connectivity index (χ3v) is 1.48. The molecule has 0 aliphatic heterocycles. The van der Waals surface area contributed by atoms with Crippen LogP contribution in [0.3, 0.4) is 0 Å². The Morgan fingerprint density at radius 3 is 2.36 bits per heavy atom. The van der Waals surface area contributed by atoms with Crippen LogP contribution in [-0.2, 0) is 0 Å². The molecule has 0 aliphatic carbocycles. The first-order valence-electron chi connectivity index (χ1n) is 4.22. The fourth-order valence-corrected chi connectivity index (χ4v) is 1.13. The third kappa shape index (κ3) is 6.28. The predicted octanol–water partition coefficient (Wildman–Crippen LogP) is 0.0715. The summed E-state index contributed by atoms with van der Waals surface area (Å²) in [7, 11) is 0. The lowest BCUT2D eigenvalue weighted by Gasteiger charge is -2.21. The molecule has 0 radical (unpaired) electrons. The van der Waals surface area contributed by atoms with E-state index in [1.807, 2.05) is 0 Å². The zero-order valence-corrected chi connectivity index (χ0v) is 7.45. The second-order valence-corrected chi connectivity index (χ2v) is 2.87. The van der Waals surface area contributed by atoms with Crippen molar-refractivity contribution in [2.45, 2.75) is 26.4 Å². The minimum absolute atomic E-state index is 0.173. The Labute approximate surface area is 68.6 Å². The Morgan fingerprint density at radius 1 is 1.36 bits per heavy atom. The molecule has 2 N–H and O–H groups in total. The summed E-state index contributed by atoms with van der Waals surface area (Å²) in [5.74, 6) is 0. The number of hydrogen-bond acceptors (Lipinski definition) is 3. The van der Waals surface area contributed by atoms with E-state index in [1.54, 1.807) is 6.92 Å². The van der Waals surface area contributed by atoms with Crippen LogP contribution >= 0.6 is 0 Å². The molecule has 0 aromatic rings. The average molecular weight is 161 g/mol. The molecular formula is C8H19NO2. The maximum absolute atomic E-state index is 9.05. The lowest BCUT2D eigenvalue weighted by molar-refractivity contribution is 0.111. The van der Waals surface area contributed by atoms with Gasteiger partial charge in [0, 0.05) is 13.1 Å². The Morgan fingerprint density at radius 2 is 2.00 bits per heavy atom. The van der Waals surface area contributed by atoms with Gasteiger partial charge in [-0.2, -0.15) is 0 Å². The van der Waals surface area contributed by atoms with Crippen LogP contribution < -0.4 is 0 Å². The molecule has 11 heavy (non-hydrogen) atoms. The third-order valence-electron chi connectivity index (χ3n) is 1.48. The summed E-state index contributed by atoms with van der Waals surface area (Å²) in [5.41, 5.74) is 0. The first-order chi connectivity index (χ1) is 5.20. The van der Waals surface area contributed by atoms with Gasteiger partial charge in [0.15, 0.2) is 0 Å². The molecule has 0 fully saturated rings. The smallest absolute Gasteiger partial charge is 0.0639 e. The van der Waals surface area contributed by atoms with Crippen molar-refractivity contribution in [2.75, 3.05) is 26.2 Å². The van der Waals surface area contributed by atoms with E-state index in [-0.39, 0.29) is 12.7 Å². The zero-order valence-electron chi connectivity index (χ0n) is 7.45. The minimum atomic E-state index is -0.298. The minimum Gasteiger partial charge on any atom is -0.395 e. The van der Waals surface area contributed by atoms with Crippen molar-refractivity contribution in [3.63, 3.8) is 0 Å². The van der Waals surface area contributed by atoms with E-state index < -0.39 is 0 Å². The summed E-state index contributed by atoms with van der Waals surface area (Å²) in [4.78, 5) is 2.06. The van der Waals surface area contributed by atoms with Gasteiger partial charge in [0.05, 0.1) is 12.7 Å². The maximum atomic E-state index is 9.05. The molecule has 0 rings (SSSR count). The van der Waals surface area contributed by atoms with E-state index >= 15 is 0 Å². The number of aliphatic hydroxyl groups excluding tert-OH is 2. The molecule has 0 aliphatic rings. The molecule has 3 nitrogen and oxygen atoms in total.